The fraction of sp³-hybridized carbons (Fsp3) is 0.316. The van der Waals surface area contributed by atoms with Crippen molar-refractivity contribution in [1.29, 1.82) is 0 Å². The molecule has 1 atom stereocenters. The summed E-state index contributed by atoms with van der Waals surface area (Å²) < 4.78 is 40.1. The van der Waals surface area contributed by atoms with Crippen LogP contribution >= 0.6 is 0 Å². The van der Waals surface area contributed by atoms with E-state index in [0.717, 1.165) is 17.5 Å². The average Bonchev–Trinajstić information content (AvgIpc) is 2.49. The summed E-state index contributed by atoms with van der Waals surface area (Å²) in [5.74, 6) is -0.308. The van der Waals surface area contributed by atoms with E-state index in [1.54, 1.807) is 0 Å². The molecule has 0 saturated carbocycles. The van der Waals surface area contributed by atoms with Gasteiger partial charge in [-0.3, -0.25) is 4.79 Å². The molecule has 2 N–H and O–H groups in total. The number of benzene rings is 2. The van der Waals surface area contributed by atoms with Gasteiger partial charge in [-0.1, -0.05) is 36.4 Å². The molecule has 134 valence electrons. The highest BCUT2D eigenvalue weighted by molar-refractivity contribution is 5.83. The van der Waals surface area contributed by atoms with Crippen LogP contribution in [0.15, 0.2) is 48.5 Å². The standard InChI is InChI=1S/C19H20F3NO2/c1-13(23)10-14-2-4-15(5-3-14)11-17(24)12-16-6-8-18(9-7-16)25-19(20,21)22/h2-9,13H,10-12,23H2,1H3. The van der Waals surface area contributed by atoms with Gasteiger partial charge in [-0.2, -0.15) is 0 Å². The summed E-state index contributed by atoms with van der Waals surface area (Å²) in [7, 11) is 0. The molecule has 0 bridgehead atoms. The van der Waals surface area contributed by atoms with E-state index in [9.17, 15) is 18.0 Å². The van der Waals surface area contributed by atoms with Gasteiger partial charge in [-0.25, -0.2) is 0 Å². The van der Waals surface area contributed by atoms with Crippen molar-refractivity contribution in [2.45, 2.75) is 38.6 Å². The number of hydrogen-bond donors (Lipinski definition) is 1. The molecule has 2 aromatic rings. The summed E-state index contributed by atoms with van der Waals surface area (Å²) in [6.45, 7) is 1.93. The molecule has 0 aliphatic rings. The Hall–Kier alpha value is -2.34. The van der Waals surface area contributed by atoms with E-state index >= 15 is 0 Å². The zero-order valence-electron chi connectivity index (χ0n) is 13.8. The van der Waals surface area contributed by atoms with Crippen LogP contribution in [0.5, 0.6) is 5.75 Å². The van der Waals surface area contributed by atoms with Crippen LogP contribution < -0.4 is 10.5 Å². The lowest BCUT2D eigenvalue weighted by Crippen LogP contribution is -2.17. The second-order valence-electron chi connectivity index (χ2n) is 6.08. The lowest BCUT2D eigenvalue weighted by molar-refractivity contribution is -0.274. The number of nitrogens with two attached hydrogens (primary N) is 1. The lowest BCUT2D eigenvalue weighted by atomic mass is 10.0. The number of rotatable bonds is 7. The largest absolute Gasteiger partial charge is 0.573 e. The third-order valence-electron chi connectivity index (χ3n) is 3.54. The minimum absolute atomic E-state index is 0.00978. The Labute approximate surface area is 144 Å². The first kappa shape index (κ1) is 19.0. The van der Waals surface area contributed by atoms with Gasteiger partial charge >= 0.3 is 6.36 Å². The maximum atomic E-state index is 12.1. The molecule has 1 unspecified atom stereocenters. The van der Waals surface area contributed by atoms with Crippen molar-refractivity contribution < 1.29 is 22.7 Å². The molecule has 0 radical (unpaired) electrons. The number of halogens is 3. The summed E-state index contributed by atoms with van der Waals surface area (Å²) in [6, 6.07) is 13.1. The topological polar surface area (TPSA) is 52.3 Å². The van der Waals surface area contributed by atoms with E-state index in [2.05, 4.69) is 4.74 Å². The molecule has 3 nitrogen and oxygen atoms in total. The number of carbonyl (C=O) groups is 1. The fourth-order valence-electron chi connectivity index (χ4n) is 2.49. The second-order valence-corrected chi connectivity index (χ2v) is 6.08. The molecule has 0 fully saturated rings. The van der Waals surface area contributed by atoms with E-state index in [0.29, 0.717) is 5.56 Å². The van der Waals surface area contributed by atoms with Crippen LogP contribution in [0.4, 0.5) is 13.2 Å². The summed E-state index contributed by atoms with van der Waals surface area (Å²) >= 11 is 0. The Kier molecular flexibility index (Phi) is 6.20. The molecule has 0 amide bonds. The maximum Gasteiger partial charge on any atom is 0.573 e. The molecule has 2 aromatic carbocycles. The van der Waals surface area contributed by atoms with Gasteiger partial charge in [0.2, 0.25) is 0 Å². The highest BCUT2D eigenvalue weighted by Crippen LogP contribution is 2.23. The van der Waals surface area contributed by atoms with Crippen LogP contribution in [0.2, 0.25) is 0 Å². The molecule has 6 heteroatoms. The monoisotopic (exact) mass is 351 g/mol. The highest BCUT2D eigenvalue weighted by Gasteiger charge is 2.30. The van der Waals surface area contributed by atoms with E-state index in [4.69, 9.17) is 5.73 Å². The molecule has 0 aliphatic heterocycles. The van der Waals surface area contributed by atoms with Crippen molar-refractivity contribution in [3.8, 4) is 5.75 Å². The van der Waals surface area contributed by atoms with Gasteiger partial charge < -0.3 is 10.5 Å². The van der Waals surface area contributed by atoms with Crippen molar-refractivity contribution in [3.05, 3.63) is 65.2 Å². The zero-order valence-corrected chi connectivity index (χ0v) is 13.8. The number of hydrogen-bond acceptors (Lipinski definition) is 3. The van der Waals surface area contributed by atoms with Gasteiger partial charge in [0, 0.05) is 18.9 Å². The molecule has 0 aromatic heterocycles. The quantitative estimate of drug-likeness (QED) is 0.825. The predicted octanol–water partition coefficient (Wildman–Crippen LogP) is 3.83. The number of alkyl halides is 3. The Morgan fingerprint density at radius 3 is 1.84 bits per heavy atom. The van der Waals surface area contributed by atoms with E-state index in [1.807, 2.05) is 31.2 Å². The minimum Gasteiger partial charge on any atom is -0.406 e. The van der Waals surface area contributed by atoms with Crippen LogP contribution in [0.1, 0.15) is 23.6 Å². The predicted molar refractivity (Wildman–Crippen MR) is 89.3 cm³/mol. The normalized spacial score (nSPS) is 12.7. The van der Waals surface area contributed by atoms with Crippen LogP contribution in [-0.2, 0) is 24.1 Å². The van der Waals surface area contributed by atoms with Crippen molar-refractivity contribution in [1.82, 2.24) is 0 Å². The fourth-order valence-corrected chi connectivity index (χ4v) is 2.49. The Morgan fingerprint density at radius 2 is 1.40 bits per heavy atom. The van der Waals surface area contributed by atoms with Gasteiger partial charge in [0.25, 0.3) is 0 Å². The Bertz CT molecular complexity index is 692. The van der Waals surface area contributed by atoms with Crippen LogP contribution in [0.3, 0.4) is 0 Å². The van der Waals surface area contributed by atoms with Crippen molar-refractivity contribution >= 4 is 5.78 Å². The summed E-state index contributed by atoms with van der Waals surface area (Å²) in [4.78, 5) is 12.1. The van der Waals surface area contributed by atoms with Crippen molar-refractivity contribution in [2.24, 2.45) is 5.73 Å². The first-order valence-corrected chi connectivity index (χ1v) is 7.91. The van der Waals surface area contributed by atoms with E-state index in [-0.39, 0.29) is 30.4 Å². The summed E-state index contributed by atoms with van der Waals surface area (Å²) in [6.07, 6.45) is -3.50. The molecular weight excluding hydrogens is 331 g/mol. The Morgan fingerprint density at radius 1 is 0.960 bits per heavy atom. The average molecular weight is 351 g/mol. The second kappa shape index (κ2) is 8.16. The molecule has 25 heavy (non-hydrogen) atoms. The first-order chi connectivity index (χ1) is 11.7. The third-order valence-corrected chi connectivity index (χ3v) is 3.54. The van der Waals surface area contributed by atoms with Crippen LogP contribution in [-0.4, -0.2) is 18.2 Å². The molecule has 0 heterocycles. The third kappa shape index (κ3) is 6.97. The SMILES string of the molecule is CC(N)Cc1ccc(CC(=O)Cc2ccc(OC(F)(F)F)cc2)cc1. The van der Waals surface area contributed by atoms with Gasteiger partial charge in [0.15, 0.2) is 0 Å². The number of Topliss-reactive ketones (excluding diaryl/α,β-unsaturated/α-hetero) is 1. The molecule has 0 aliphatic carbocycles. The van der Waals surface area contributed by atoms with E-state index in [1.165, 1.54) is 24.3 Å². The number of carbonyl (C=O) groups excluding carboxylic acids is 1. The Balaban J connectivity index is 1.89. The maximum absolute atomic E-state index is 12.1. The van der Waals surface area contributed by atoms with Crippen molar-refractivity contribution in [3.63, 3.8) is 0 Å². The number of ketones is 1. The van der Waals surface area contributed by atoms with E-state index < -0.39 is 6.36 Å². The minimum atomic E-state index is -4.72. The number of ether oxygens (including phenoxy) is 1. The van der Waals surface area contributed by atoms with Crippen LogP contribution in [0.25, 0.3) is 0 Å². The molecule has 0 spiro atoms. The highest BCUT2D eigenvalue weighted by atomic mass is 19.4. The first-order valence-electron chi connectivity index (χ1n) is 7.91. The molecular formula is C19H20F3NO2. The van der Waals surface area contributed by atoms with Gasteiger partial charge in [0.1, 0.15) is 11.5 Å². The van der Waals surface area contributed by atoms with Crippen molar-refractivity contribution in [2.75, 3.05) is 0 Å². The smallest absolute Gasteiger partial charge is 0.406 e. The molecule has 2 rings (SSSR count). The lowest BCUT2D eigenvalue weighted by Gasteiger charge is -2.09. The summed E-state index contributed by atoms with van der Waals surface area (Å²) in [5.41, 5.74) is 8.41. The van der Waals surface area contributed by atoms with Gasteiger partial charge in [-0.15, -0.1) is 13.2 Å². The van der Waals surface area contributed by atoms with Crippen LogP contribution in [0, 0.1) is 0 Å². The van der Waals surface area contributed by atoms with Gasteiger partial charge in [0.05, 0.1) is 0 Å². The zero-order chi connectivity index (χ0) is 18.4. The summed E-state index contributed by atoms with van der Waals surface area (Å²) in [5, 5.41) is 0. The molecule has 0 saturated heterocycles. The van der Waals surface area contributed by atoms with Gasteiger partial charge in [-0.05, 0) is 42.2 Å².